The van der Waals surface area contributed by atoms with Gasteiger partial charge in [-0.05, 0) is 36.8 Å². The molecular formula is C16H11N3O. The van der Waals surface area contributed by atoms with Crippen molar-refractivity contribution in [1.82, 2.24) is 15.0 Å². The lowest BCUT2D eigenvalue weighted by Gasteiger charge is -2.01. The maximum absolute atomic E-state index is 5.70. The quantitative estimate of drug-likeness (QED) is 0.523. The van der Waals surface area contributed by atoms with Crippen LogP contribution >= 0.6 is 0 Å². The first-order valence-electron chi connectivity index (χ1n) is 6.36. The molecular weight excluding hydrogens is 250 g/mol. The van der Waals surface area contributed by atoms with Crippen molar-refractivity contribution in [3.8, 4) is 11.3 Å². The third-order valence-corrected chi connectivity index (χ3v) is 3.34. The minimum atomic E-state index is 0.629. The molecule has 0 amide bonds. The first-order valence-corrected chi connectivity index (χ1v) is 6.36. The molecule has 0 aliphatic carbocycles. The number of hydrogen-bond donors (Lipinski definition) is 0. The Morgan fingerprint density at radius 1 is 0.950 bits per heavy atom. The van der Waals surface area contributed by atoms with E-state index in [2.05, 4.69) is 21.0 Å². The van der Waals surface area contributed by atoms with Gasteiger partial charge in [-0.2, -0.15) is 0 Å². The van der Waals surface area contributed by atoms with E-state index in [1.165, 1.54) is 5.56 Å². The van der Waals surface area contributed by atoms with Crippen LogP contribution in [-0.2, 0) is 0 Å². The van der Waals surface area contributed by atoms with E-state index < -0.39 is 0 Å². The molecule has 20 heavy (non-hydrogen) atoms. The summed E-state index contributed by atoms with van der Waals surface area (Å²) < 4.78 is 5.70. The Kier molecular flexibility index (Phi) is 2.29. The number of pyridine rings is 3. The average Bonchev–Trinajstić information content (AvgIpc) is 2.85. The fraction of sp³-hybridized carbons (Fsp3) is 0.0625. The fourth-order valence-electron chi connectivity index (χ4n) is 2.34. The van der Waals surface area contributed by atoms with E-state index in [0.717, 1.165) is 27.6 Å². The highest BCUT2D eigenvalue weighted by atomic mass is 16.3. The number of aryl methyl sites for hydroxylation is 1. The van der Waals surface area contributed by atoms with Gasteiger partial charge in [-0.1, -0.05) is 0 Å². The van der Waals surface area contributed by atoms with Crippen molar-refractivity contribution < 1.29 is 4.42 Å². The Morgan fingerprint density at radius 2 is 1.90 bits per heavy atom. The summed E-state index contributed by atoms with van der Waals surface area (Å²) in [7, 11) is 0. The van der Waals surface area contributed by atoms with Crippen LogP contribution < -0.4 is 0 Å². The minimum absolute atomic E-state index is 0.629. The summed E-state index contributed by atoms with van der Waals surface area (Å²) in [4.78, 5) is 12.9. The topological polar surface area (TPSA) is 51.8 Å². The summed E-state index contributed by atoms with van der Waals surface area (Å²) in [5, 5.41) is 1.94. The largest absolute Gasteiger partial charge is 0.438 e. The molecule has 4 heteroatoms. The third-order valence-electron chi connectivity index (χ3n) is 3.34. The standard InChI is InChI=1S/C16H11N3O/c1-10-2-5-18-14(6-10)11-7-12-13-9-17-4-3-15(13)20-16(12)19-8-11/h2-9H,1H3. The first-order chi connectivity index (χ1) is 9.81. The highest BCUT2D eigenvalue weighted by Crippen LogP contribution is 2.29. The van der Waals surface area contributed by atoms with Crippen molar-refractivity contribution in [2.45, 2.75) is 6.92 Å². The van der Waals surface area contributed by atoms with Gasteiger partial charge in [-0.3, -0.25) is 9.97 Å². The van der Waals surface area contributed by atoms with Gasteiger partial charge < -0.3 is 4.42 Å². The van der Waals surface area contributed by atoms with Crippen LogP contribution in [0.4, 0.5) is 0 Å². The van der Waals surface area contributed by atoms with Gasteiger partial charge in [0.05, 0.1) is 11.1 Å². The average molecular weight is 261 g/mol. The number of nitrogens with zero attached hydrogens (tertiary/aromatic N) is 3. The highest BCUT2D eigenvalue weighted by molar-refractivity contribution is 6.04. The predicted octanol–water partition coefficient (Wildman–Crippen LogP) is 3.75. The molecule has 0 aliphatic rings. The van der Waals surface area contributed by atoms with Crippen LogP contribution in [0.1, 0.15) is 5.56 Å². The molecule has 4 nitrogen and oxygen atoms in total. The molecule has 0 atom stereocenters. The third kappa shape index (κ3) is 1.66. The van der Waals surface area contributed by atoms with E-state index in [-0.39, 0.29) is 0 Å². The zero-order valence-electron chi connectivity index (χ0n) is 10.9. The number of fused-ring (bicyclic) bond motifs is 3. The smallest absolute Gasteiger partial charge is 0.227 e. The van der Waals surface area contributed by atoms with Crippen LogP contribution in [0.2, 0.25) is 0 Å². The lowest BCUT2D eigenvalue weighted by Crippen LogP contribution is -1.85. The number of aromatic nitrogens is 3. The van der Waals surface area contributed by atoms with Crippen LogP contribution in [0.5, 0.6) is 0 Å². The second kappa shape index (κ2) is 4.13. The molecule has 0 aromatic carbocycles. The molecule has 0 bridgehead atoms. The van der Waals surface area contributed by atoms with Crippen LogP contribution in [0.15, 0.2) is 53.5 Å². The van der Waals surface area contributed by atoms with E-state index in [9.17, 15) is 0 Å². The van der Waals surface area contributed by atoms with Gasteiger partial charge in [0, 0.05) is 35.7 Å². The fourth-order valence-corrected chi connectivity index (χ4v) is 2.34. The summed E-state index contributed by atoms with van der Waals surface area (Å²) in [5.74, 6) is 0. The minimum Gasteiger partial charge on any atom is -0.438 e. The van der Waals surface area contributed by atoms with E-state index in [0.29, 0.717) is 5.71 Å². The first kappa shape index (κ1) is 11.1. The Bertz CT molecular complexity index is 927. The molecule has 4 rings (SSSR count). The van der Waals surface area contributed by atoms with E-state index in [1.807, 2.05) is 31.3 Å². The number of furan rings is 1. The van der Waals surface area contributed by atoms with Gasteiger partial charge in [0.25, 0.3) is 0 Å². The molecule has 0 unspecified atom stereocenters. The molecule has 0 N–H and O–H groups in total. The van der Waals surface area contributed by atoms with Crippen molar-refractivity contribution in [2.24, 2.45) is 0 Å². The molecule has 0 fully saturated rings. The van der Waals surface area contributed by atoms with E-state index in [4.69, 9.17) is 4.42 Å². The van der Waals surface area contributed by atoms with Gasteiger partial charge >= 0.3 is 0 Å². The molecule has 0 aliphatic heterocycles. The Labute approximate surface area is 115 Å². The van der Waals surface area contributed by atoms with E-state index >= 15 is 0 Å². The normalized spacial score (nSPS) is 11.2. The number of rotatable bonds is 1. The van der Waals surface area contributed by atoms with Gasteiger partial charge in [-0.15, -0.1) is 0 Å². The van der Waals surface area contributed by atoms with Crippen LogP contribution in [0.3, 0.4) is 0 Å². The summed E-state index contributed by atoms with van der Waals surface area (Å²) in [6, 6.07) is 7.93. The molecule has 0 saturated carbocycles. The molecule has 0 radical (unpaired) electrons. The van der Waals surface area contributed by atoms with Crippen LogP contribution in [0, 0.1) is 6.92 Å². The summed E-state index contributed by atoms with van der Waals surface area (Å²) in [6.45, 7) is 2.05. The van der Waals surface area contributed by atoms with Crippen molar-refractivity contribution >= 4 is 22.1 Å². The molecule has 0 saturated heterocycles. The number of hydrogen-bond acceptors (Lipinski definition) is 4. The predicted molar refractivity (Wildman–Crippen MR) is 77.3 cm³/mol. The highest BCUT2D eigenvalue weighted by Gasteiger charge is 2.10. The van der Waals surface area contributed by atoms with Gasteiger partial charge in [0.1, 0.15) is 5.58 Å². The van der Waals surface area contributed by atoms with Crippen molar-refractivity contribution in [3.63, 3.8) is 0 Å². The molecule has 4 heterocycles. The van der Waals surface area contributed by atoms with Gasteiger partial charge in [0.2, 0.25) is 5.71 Å². The molecule has 96 valence electrons. The Balaban J connectivity index is 2.00. The zero-order chi connectivity index (χ0) is 13.5. The monoisotopic (exact) mass is 261 g/mol. The second-order valence-corrected chi connectivity index (χ2v) is 4.77. The molecule has 0 spiro atoms. The lowest BCUT2D eigenvalue weighted by molar-refractivity contribution is 0.654. The molecule has 4 aromatic rings. The maximum Gasteiger partial charge on any atom is 0.227 e. The SMILES string of the molecule is Cc1ccnc(-c2cnc3oc4ccncc4c3c2)c1. The van der Waals surface area contributed by atoms with Crippen molar-refractivity contribution in [2.75, 3.05) is 0 Å². The van der Waals surface area contributed by atoms with Crippen LogP contribution in [0.25, 0.3) is 33.3 Å². The van der Waals surface area contributed by atoms with Crippen molar-refractivity contribution in [1.29, 1.82) is 0 Å². The molecule has 4 aromatic heterocycles. The van der Waals surface area contributed by atoms with Crippen LogP contribution in [-0.4, -0.2) is 15.0 Å². The Morgan fingerprint density at radius 3 is 2.80 bits per heavy atom. The van der Waals surface area contributed by atoms with Crippen molar-refractivity contribution in [3.05, 3.63) is 54.6 Å². The summed E-state index contributed by atoms with van der Waals surface area (Å²) in [5.41, 5.74) is 4.50. The zero-order valence-corrected chi connectivity index (χ0v) is 10.9. The summed E-state index contributed by atoms with van der Waals surface area (Å²) in [6.07, 6.45) is 7.12. The second-order valence-electron chi connectivity index (χ2n) is 4.77. The van der Waals surface area contributed by atoms with Gasteiger partial charge in [-0.25, -0.2) is 4.98 Å². The van der Waals surface area contributed by atoms with Gasteiger partial charge in [0.15, 0.2) is 0 Å². The maximum atomic E-state index is 5.70. The Hall–Kier alpha value is -2.75. The van der Waals surface area contributed by atoms with E-state index in [1.54, 1.807) is 18.6 Å². The lowest BCUT2D eigenvalue weighted by atomic mass is 10.1. The summed E-state index contributed by atoms with van der Waals surface area (Å²) >= 11 is 0.